The molecule has 0 aliphatic heterocycles. The molecular weight excluding hydrogens is 293 g/mol. The molecule has 0 saturated carbocycles. The molecule has 0 spiro atoms. The second kappa shape index (κ2) is 7.09. The molecule has 2 nitrogen and oxygen atoms in total. The molecule has 2 rings (SSSR count). The van der Waals surface area contributed by atoms with Gasteiger partial charge in [-0.15, -0.1) is 6.42 Å². The number of ether oxygens (including phenoxy) is 1. The molecule has 20 heavy (non-hydrogen) atoms. The van der Waals surface area contributed by atoms with Crippen LogP contribution in [0.5, 0.6) is 5.75 Å². The summed E-state index contributed by atoms with van der Waals surface area (Å²) < 4.78 is 5.49. The van der Waals surface area contributed by atoms with Crippen molar-refractivity contribution in [2.45, 2.75) is 6.54 Å². The maximum absolute atomic E-state index is 6.15. The standard InChI is InChI=1S/C16H13Cl2NO/c1-2-8-20-16-12(9-13(17)10-15(16)18)11-19-14-6-4-3-5-7-14/h1,3-7,9-10,19H,8,11H2. The highest BCUT2D eigenvalue weighted by molar-refractivity contribution is 6.35. The molecule has 102 valence electrons. The van der Waals surface area contributed by atoms with Gasteiger partial charge in [-0.1, -0.05) is 47.3 Å². The van der Waals surface area contributed by atoms with Gasteiger partial charge in [0.05, 0.1) is 5.02 Å². The van der Waals surface area contributed by atoms with Crippen molar-refractivity contribution in [3.63, 3.8) is 0 Å². The summed E-state index contributed by atoms with van der Waals surface area (Å²) in [5.74, 6) is 2.99. The van der Waals surface area contributed by atoms with Crippen LogP contribution in [0.25, 0.3) is 0 Å². The van der Waals surface area contributed by atoms with Crippen molar-refractivity contribution in [1.82, 2.24) is 0 Å². The monoisotopic (exact) mass is 305 g/mol. The lowest BCUT2D eigenvalue weighted by Crippen LogP contribution is -2.04. The highest BCUT2D eigenvalue weighted by Crippen LogP contribution is 2.33. The van der Waals surface area contributed by atoms with E-state index in [-0.39, 0.29) is 6.61 Å². The number of halogens is 2. The molecule has 0 aliphatic carbocycles. The molecule has 4 heteroatoms. The van der Waals surface area contributed by atoms with Gasteiger partial charge in [-0.3, -0.25) is 0 Å². The fourth-order valence-corrected chi connectivity index (χ4v) is 2.36. The summed E-state index contributed by atoms with van der Waals surface area (Å²) in [5, 5.41) is 4.30. The van der Waals surface area contributed by atoms with Crippen LogP contribution in [-0.2, 0) is 6.54 Å². The van der Waals surface area contributed by atoms with E-state index in [0.29, 0.717) is 22.3 Å². The Bertz CT molecular complexity index is 620. The number of hydrogen-bond donors (Lipinski definition) is 1. The number of benzene rings is 2. The number of terminal acetylenes is 1. The molecule has 0 amide bonds. The van der Waals surface area contributed by atoms with Crippen molar-refractivity contribution in [1.29, 1.82) is 0 Å². The first-order valence-electron chi connectivity index (χ1n) is 6.04. The summed E-state index contributed by atoms with van der Waals surface area (Å²) in [4.78, 5) is 0. The van der Waals surface area contributed by atoms with E-state index in [4.69, 9.17) is 34.4 Å². The molecule has 0 heterocycles. The zero-order valence-corrected chi connectivity index (χ0v) is 12.2. The van der Waals surface area contributed by atoms with Gasteiger partial charge in [0.2, 0.25) is 0 Å². The van der Waals surface area contributed by atoms with Gasteiger partial charge in [0.15, 0.2) is 0 Å². The summed E-state index contributed by atoms with van der Waals surface area (Å²) in [6.45, 7) is 0.712. The van der Waals surface area contributed by atoms with Gasteiger partial charge in [0.1, 0.15) is 12.4 Å². The minimum Gasteiger partial charge on any atom is -0.479 e. The number of rotatable bonds is 5. The summed E-state index contributed by atoms with van der Waals surface area (Å²) >= 11 is 12.2. The zero-order chi connectivity index (χ0) is 14.4. The number of nitrogens with one attached hydrogen (secondary N) is 1. The molecule has 0 aliphatic rings. The van der Waals surface area contributed by atoms with Gasteiger partial charge >= 0.3 is 0 Å². The molecule has 2 aromatic carbocycles. The first-order chi connectivity index (χ1) is 9.70. The maximum atomic E-state index is 6.15. The van der Waals surface area contributed by atoms with Crippen molar-refractivity contribution in [3.8, 4) is 18.1 Å². The molecule has 0 fully saturated rings. The van der Waals surface area contributed by atoms with E-state index in [1.54, 1.807) is 6.07 Å². The molecule has 0 bridgehead atoms. The Hall–Kier alpha value is -1.82. The molecule has 0 aromatic heterocycles. The summed E-state index contributed by atoms with van der Waals surface area (Å²) in [7, 11) is 0. The second-order valence-corrected chi connectivity index (χ2v) is 4.93. The van der Waals surface area contributed by atoms with Gasteiger partial charge in [-0.2, -0.15) is 0 Å². The van der Waals surface area contributed by atoms with Gasteiger partial charge < -0.3 is 10.1 Å². The van der Waals surface area contributed by atoms with E-state index in [2.05, 4.69) is 11.2 Å². The fraction of sp³-hybridized carbons (Fsp3) is 0.125. The Morgan fingerprint density at radius 2 is 1.90 bits per heavy atom. The highest BCUT2D eigenvalue weighted by atomic mass is 35.5. The van der Waals surface area contributed by atoms with Gasteiger partial charge in [-0.05, 0) is 24.3 Å². The van der Waals surface area contributed by atoms with Crippen LogP contribution in [0.1, 0.15) is 5.56 Å². The lowest BCUT2D eigenvalue weighted by atomic mass is 10.2. The van der Waals surface area contributed by atoms with Crippen molar-refractivity contribution in [2.75, 3.05) is 11.9 Å². The quantitative estimate of drug-likeness (QED) is 0.814. The Labute approximate surface area is 128 Å². The van der Waals surface area contributed by atoms with Crippen molar-refractivity contribution >= 4 is 28.9 Å². The second-order valence-electron chi connectivity index (χ2n) is 4.09. The largest absolute Gasteiger partial charge is 0.479 e. The molecule has 0 atom stereocenters. The predicted octanol–water partition coefficient (Wildman–Crippen LogP) is 4.62. The number of hydrogen-bond acceptors (Lipinski definition) is 2. The first kappa shape index (κ1) is 14.6. The average Bonchev–Trinajstić information content (AvgIpc) is 2.45. The summed E-state index contributed by atoms with van der Waals surface area (Å²) in [5.41, 5.74) is 1.87. The van der Waals surface area contributed by atoms with Crippen LogP contribution < -0.4 is 10.1 Å². The summed E-state index contributed by atoms with van der Waals surface area (Å²) in [6, 6.07) is 13.3. The van der Waals surface area contributed by atoms with Crippen LogP contribution in [0.4, 0.5) is 5.69 Å². The van der Waals surface area contributed by atoms with E-state index in [1.807, 2.05) is 36.4 Å². The lowest BCUT2D eigenvalue weighted by molar-refractivity contribution is 0.367. The van der Waals surface area contributed by atoms with Gasteiger partial charge in [0, 0.05) is 22.8 Å². The molecule has 1 N–H and O–H groups in total. The topological polar surface area (TPSA) is 21.3 Å². The third kappa shape index (κ3) is 3.84. The predicted molar refractivity (Wildman–Crippen MR) is 84.6 cm³/mol. The third-order valence-corrected chi connectivity index (χ3v) is 3.14. The van der Waals surface area contributed by atoms with E-state index in [0.717, 1.165) is 11.3 Å². The minimum absolute atomic E-state index is 0.166. The Morgan fingerprint density at radius 1 is 1.15 bits per heavy atom. The van der Waals surface area contributed by atoms with E-state index in [9.17, 15) is 0 Å². The van der Waals surface area contributed by atoms with Crippen molar-refractivity contribution in [3.05, 3.63) is 58.1 Å². The van der Waals surface area contributed by atoms with Crippen LogP contribution in [0.3, 0.4) is 0 Å². The van der Waals surface area contributed by atoms with Crippen LogP contribution in [0, 0.1) is 12.3 Å². The van der Waals surface area contributed by atoms with E-state index in [1.165, 1.54) is 0 Å². The maximum Gasteiger partial charge on any atom is 0.148 e. The Balaban J connectivity index is 2.19. The van der Waals surface area contributed by atoms with Crippen molar-refractivity contribution in [2.24, 2.45) is 0 Å². The Morgan fingerprint density at radius 3 is 2.60 bits per heavy atom. The molecular formula is C16H13Cl2NO. The first-order valence-corrected chi connectivity index (χ1v) is 6.79. The number of anilines is 1. The smallest absolute Gasteiger partial charge is 0.148 e. The van der Waals surface area contributed by atoms with E-state index < -0.39 is 0 Å². The molecule has 2 aromatic rings. The van der Waals surface area contributed by atoms with Crippen molar-refractivity contribution < 1.29 is 4.74 Å². The molecule has 0 saturated heterocycles. The normalized spacial score (nSPS) is 9.85. The van der Waals surface area contributed by atoms with Gasteiger partial charge in [0.25, 0.3) is 0 Å². The van der Waals surface area contributed by atoms with Gasteiger partial charge in [-0.25, -0.2) is 0 Å². The lowest BCUT2D eigenvalue weighted by Gasteiger charge is -2.13. The minimum atomic E-state index is 0.166. The number of para-hydroxylation sites is 1. The van der Waals surface area contributed by atoms with Crippen LogP contribution in [0.15, 0.2) is 42.5 Å². The average molecular weight is 306 g/mol. The SMILES string of the molecule is C#CCOc1c(Cl)cc(Cl)cc1CNc1ccccc1. The summed E-state index contributed by atoms with van der Waals surface area (Å²) in [6.07, 6.45) is 5.21. The molecule has 0 unspecified atom stereocenters. The van der Waals surface area contributed by atoms with Crippen LogP contribution >= 0.6 is 23.2 Å². The Kier molecular flexibility index (Phi) is 5.17. The van der Waals surface area contributed by atoms with Crippen LogP contribution in [-0.4, -0.2) is 6.61 Å². The molecule has 0 radical (unpaired) electrons. The van der Waals surface area contributed by atoms with E-state index >= 15 is 0 Å². The third-order valence-electron chi connectivity index (χ3n) is 2.64. The fourth-order valence-electron chi connectivity index (χ4n) is 1.77. The van der Waals surface area contributed by atoms with Crippen LogP contribution in [0.2, 0.25) is 10.0 Å². The highest BCUT2D eigenvalue weighted by Gasteiger charge is 2.10. The zero-order valence-electron chi connectivity index (χ0n) is 10.7.